The van der Waals surface area contributed by atoms with Crippen molar-refractivity contribution >= 4 is 23.6 Å². The van der Waals surface area contributed by atoms with Gasteiger partial charge in [-0.1, -0.05) is 25.4 Å². The Morgan fingerprint density at radius 3 is 2.38 bits per heavy atom. The number of halogens is 1. The third kappa shape index (κ3) is 3.45. The van der Waals surface area contributed by atoms with E-state index in [1.54, 1.807) is 6.08 Å². The van der Waals surface area contributed by atoms with Crippen LogP contribution in [0, 0.1) is 30.6 Å². The van der Waals surface area contributed by atoms with Gasteiger partial charge < -0.3 is 5.32 Å². The van der Waals surface area contributed by atoms with Gasteiger partial charge in [-0.3, -0.25) is 9.48 Å². The third-order valence-electron chi connectivity index (χ3n) is 6.48. The molecule has 0 unspecified atom stereocenters. The first-order valence-corrected chi connectivity index (χ1v) is 10.4. The average molecular weight is 376 g/mol. The zero-order valence-electron chi connectivity index (χ0n) is 16.1. The monoisotopic (exact) mass is 375 g/mol. The van der Waals surface area contributed by atoms with Gasteiger partial charge in [-0.15, -0.1) is 0 Å². The van der Waals surface area contributed by atoms with Crippen LogP contribution in [0.1, 0.15) is 63.6 Å². The molecular weight excluding hydrogens is 346 g/mol. The van der Waals surface area contributed by atoms with Gasteiger partial charge in [-0.05, 0) is 75.2 Å². The number of carbonyl (C=O) groups excluding carboxylic acids is 1. The number of amides is 1. The van der Waals surface area contributed by atoms with Crippen molar-refractivity contribution in [1.29, 1.82) is 0 Å². The van der Waals surface area contributed by atoms with E-state index in [0.717, 1.165) is 35.6 Å². The first kappa shape index (κ1) is 18.1. The zero-order valence-corrected chi connectivity index (χ0v) is 16.9. The Morgan fingerprint density at radius 2 is 1.85 bits per heavy atom. The summed E-state index contributed by atoms with van der Waals surface area (Å²) < 4.78 is 1.83. The summed E-state index contributed by atoms with van der Waals surface area (Å²) in [6.07, 6.45) is 11.1. The summed E-state index contributed by atoms with van der Waals surface area (Å²) in [6.45, 7) is 7.01. The summed E-state index contributed by atoms with van der Waals surface area (Å²) in [5.74, 6) is 2.98. The van der Waals surface area contributed by atoms with E-state index in [1.165, 1.54) is 38.5 Å². The molecule has 5 heteroatoms. The van der Waals surface area contributed by atoms with E-state index in [1.807, 2.05) is 17.7 Å². The van der Waals surface area contributed by atoms with Crippen molar-refractivity contribution in [3.05, 3.63) is 22.5 Å². The smallest absolute Gasteiger partial charge is 0.244 e. The second-order valence-corrected chi connectivity index (χ2v) is 9.74. The largest absolute Gasteiger partial charge is 0.347 e. The predicted molar refractivity (Wildman–Crippen MR) is 105 cm³/mol. The molecule has 4 nitrogen and oxygen atoms in total. The maximum absolute atomic E-state index is 12.6. The highest BCUT2D eigenvalue weighted by atomic mass is 35.5. The Labute approximate surface area is 161 Å². The van der Waals surface area contributed by atoms with Crippen LogP contribution in [0.15, 0.2) is 6.08 Å². The minimum atomic E-state index is 0.0130. The Balaban J connectivity index is 1.45. The quantitative estimate of drug-likeness (QED) is 0.764. The Bertz CT molecular complexity index is 699. The highest BCUT2D eigenvalue weighted by molar-refractivity contribution is 6.31. The van der Waals surface area contributed by atoms with E-state index < -0.39 is 0 Å². The lowest BCUT2D eigenvalue weighted by Crippen LogP contribution is -2.59. The summed E-state index contributed by atoms with van der Waals surface area (Å²) in [4.78, 5) is 12.6. The summed E-state index contributed by atoms with van der Waals surface area (Å²) in [5, 5.41) is 8.51. The number of nitrogens with zero attached hydrogens (tertiary/aromatic N) is 2. The van der Waals surface area contributed by atoms with Crippen molar-refractivity contribution in [2.45, 2.75) is 71.4 Å². The maximum atomic E-state index is 12.6. The van der Waals surface area contributed by atoms with E-state index in [2.05, 4.69) is 24.3 Å². The van der Waals surface area contributed by atoms with Crippen molar-refractivity contribution in [2.24, 2.45) is 23.7 Å². The molecule has 0 radical (unpaired) electrons. The molecule has 0 atom stereocenters. The average Bonchev–Trinajstić information content (AvgIpc) is 2.76. The van der Waals surface area contributed by atoms with Crippen molar-refractivity contribution in [1.82, 2.24) is 15.1 Å². The van der Waals surface area contributed by atoms with Crippen molar-refractivity contribution < 1.29 is 4.79 Å². The van der Waals surface area contributed by atoms with E-state index in [9.17, 15) is 4.79 Å². The van der Waals surface area contributed by atoms with Crippen LogP contribution in [0.5, 0.6) is 0 Å². The number of hydrogen-bond acceptors (Lipinski definition) is 2. The van der Waals surface area contributed by atoms with Gasteiger partial charge in [0.15, 0.2) is 0 Å². The van der Waals surface area contributed by atoms with Crippen LogP contribution in [0.25, 0.3) is 6.08 Å². The molecule has 142 valence electrons. The number of nitrogens with one attached hydrogen (secondary N) is 1. The molecule has 1 aromatic rings. The van der Waals surface area contributed by atoms with E-state index >= 15 is 0 Å². The SMILES string of the molecule is Cc1nn(CC(C)C)c(Cl)c1/C=C/C(=O)NC12CC3CC(CC(C3)C1)C2. The number of aryl methyl sites for hydroxylation is 1. The van der Waals surface area contributed by atoms with Crippen LogP contribution in [0.3, 0.4) is 0 Å². The van der Waals surface area contributed by atoms with Gasteiger partial charge in [-0.25, -0.2) is 0 Å². The fourth-order valence-electron chi connectivity index (χ4n) is 5.95. The lowest BCUT2D eigenvalue weighted by molar-refractivity contribution is -0.122. The molecule has 0 spiro atoms. The molecule has 4 saturated carbocycles. The standard InChI is InChI=1S/C21H30ClN3O/c1-13(2)12-25-20(22)18(14(3)24-25)4-5-19(26)23-21-9-15-6-16(10-21)8-17(7-15)11-21/h4-5,13,15-17H,6-12H2,1-3H3,(H,23,26)/b5-4+. The molecule has 5 rings (SSSR count). The van der Waals surface area contributed by atoms with Crippen LogP contribution >= 0.6 is 11.6 Å². The number of carbonyl (C=O) groups is 1. The molecule has 1 amide bonds. The van der Waals surface area contributed by atoms with Crippen LogP contribution in [0.2, 0.25) is 5.15 Å². The summed E-state index contributed by atoms with van der Waals surface area (Å²) >= 11 is 6.47. The number of aromatic nitrogens is 2. The highest BCUT2D eigenvalue weighted by Crippen LogP contribution is 2.55. The molecule has 4 fully saturated rings. The summed E-state index contributed by atoms with van der Waals surface area (Å²) in [5.41, 5.74) is 1.78. The van der Waals surface area contributed by atoms with Gasteiger partial charge >= 0.3 is 0 Å². The normalized spacial score (nSPS) is 32.7. The molecule has 4 aliphatic rings. The second kappa shape index (κ2) is 6.70. The molecular formula is C21H30ClN3O. The van der Waals surface area contributed by atoms with Crippen LogP contribution < -0.4 is 5.32 Å². The molecule has 26 heavy (non-hydrogen) atoms. The fraction of sp³-hybridized carbons (Fsp3) is 0.714. The lowest BCUT2D eigenvalue weighted by atomic mass is 9.53. The third-order valence-corrected chi connectivity index (χ3v) is 6.87. The van der Waals surface area contributed by atoms with Gasteiger partial charge in [0, 0.05) is 23.7 Å². The molecule has 1 aromatic heterocycles. The van der Waals surface area contributed by atoms with Crippen molar-refractivity contribution in [3.63, 3.8) is 0 Å². The Hall–Kier alpha value is -1.29. The van der Waals surface area contributed by atoms with E-state index in [0.29, 0.717) is 11.1 Å². The number of hydrogen-bond donors (Lipinski definition) is 1. The molecule has 4 aliphatic carbocycles. The van der Waals surface area contributed by atoms with Gasteiger partial charge in [0.25, 0.3) is 0 Å². The zero-order chi connectivity index (χ0) is 18.5. The van der Waals surface area contributed by atoms with Crippen LogP contribution in [-0.4, -0.2) is 21.2 Å². The molecule has 0 aromatic carbocycles. The highest BCUT2D eigenvalue weighted by Gasteiger charge is 2.51. The lowest BCUT2D eigenvalue weighted by Gasteiger charge is -2.56. The summed E-state index contributed by atoms with van der Waals surface area (Å²) in [6, 6.07) is 0. The molecule has 0 aliphatic heterocycles. The van der Waals surface area contributed by atoms with Gasteiger partial charge in [0.2, 0.25) is 5.91 Å². The topological polar surface area (TPSA) is 46.9 Å². The molecule has 0 saturated heterocycles. The van der Waals surface area contributed by atoms with Crippen LogP contribution in [0.4, 0.5) is 0 Å². The van der Waals surface area contributed by atoms with Gasteiger partial charge in [0.05, 0.1) is 5.69 Å². The van der Waals surface area contributed by atoms with Crippen LogP contribution in [-0.2, 0) is 11.3 Å². The second-order valence-electron chi connectivity index (χ2n) is 9.39. The first-order chi connectivity index (χ1) is 12.3. The van der Waals surface area contributed by atoms with E-state index in [4.69, 9.17) is 11.6 Å². The maximum Gasteiger partial charge on any atom is 0.244 e. The predicted octanol–water partition coefficient (Wildman–Crippen LogP) is 4.60. The molecule has 1 heterocycles. The molecule has 4 bridgehead atoms. The van der Waals surface area contributed by atoms with Crippen molar-refractivity contribution in [2.75, 3.05) is 0 Å². The fourth-order valence-corrected chi connectivity index (χ4v) is 6.26. The summed E-state index contributed by atoms with van der Waals surface area (Å²) in [7, 11) is 0. The minimum Gasteiger partial charge on any atom is -0.347 e. The van der Waals surface area contributed by atoms with Gasteiger partial charge in [-0.2, -0.15) is 5.10 Å². The minimum absolute atomic E-state index is 0.0130. The van der Waals surface area contributed by atoms with E-state index in [-0.39, 0.29) is 11.4 Å². The molecule has 1 N–H and O–H groups in total. The Morgan fingerprint density at radius 1 is 1.27 bits per heavy atom. The van der Waals surface area contributed by atoms with Crippen molar-refractivity contribution in [3.8, 4) is 0 Å². The van der Waals surface area contributed by atoms with Gasteiger partial charge in [0.1, 0.15) is 5.15 Å². The Kier molecular flexibility index (Phi) is 4.66. The number of rotatable bonds is 5. The first-order valence-electron chi connectivity index (χ1n) is 10.1.